The van der Waals surface area contributed by atoms with E-state index in [0.29, 0.717) is 12.1 Å². The van der Waals surface area contributed by atoms with Gasteiger partial charge in [0, 0.05) is 5.56 Å². The maximum absolute atomic E-state index is 12.6. The first-order valence-electron chi connectivity index (χ1n) is 8.83. The average Bonchev–Trinajstić information content (AvgIpc) is 2.86. The van der Waals surface area contributed by atoms with Gasteiger partial charge in [-0.05, 0) is 63.4 Å². The molecule has 0 unspecified atom stereocenters. The third-order valence-corrected chi connectivity index (χ3v) is 4.84. The maximum Gasteiger partial charge on any atom is 0.255 e. The highest BCUT2D eigenvalue weighted by molar-refractivity contribution is 6.05. The van der Waals surface area contributed by atoms with E-state index in [1.165, 1.54) is 16.7 Å². The molecule has 1 N–H and O–H groups in total. The Kier molecular flexibility index (Phi) is 4.94. The van der Waals surface area contributed by atoms with Crippen LogP contribution in [0.4, 0.5) is 5.69 Å². The summed E-state index contributed by atoms with van der Waals surface area (Å²) in [4.78, 5) is 12.6. The predicted molar refractivity (Wildman–Crippen MR) is 106 cm³/mol. The van der Waals surface area contributed by atoms with Crippen molar-refractivity contribution in [2.24, 2.45) is 0 Å². The van der Waals surface area contributed by atoms with Crippen molar-refractivity contribution in [1.29, 1.82) is 0 Å². The fraction of sp³-hybridized carbons (Fsp3) is 0.273. The van der Waals surface area contributed by atoms with E-state index >= 15 is 0 Å². The topological polar surface area (TPSA) is 46.9 Å². The molecule has 4 nitrogen and oxygen atoms in total. The predicted octanol–water partition coefficient (Wildman–Crippen LogP) is 4.73. The summed E-state index contributed by atoms with van der Waals surface area (Å²) < 4.78 is 1.94. The van der Waals surface area contributed by atoms with Crippen molar-refractivity contribution < 1.29 is 4.79 Å². The molecule has 1 amide bonds. The number of aryl methyl sites for hydroxylation is 4. The largest absolute Gasteiger partial charge is 0.319 e. The molecule has 0 fully saturated rings. The van der Waals surface area contributed by atoms with Crippen molar-refractivity contribution in [2.75, 3.05) is 5.32 Å². The summed E-state index contributed by atoms with van der Waals surface area (Å²) in [6.45, 7) is 10.7. The number of carbonyl (C=O) groups is 1. The molecule has 3 rings (SSSR count). The molecule has 1 heterocycles. The minimum Gasteiger partial charge on any atom is -0.319 e. The number of hydrogen-bond donors (Lipinski definition) is 1. The van der Waals surface area contributed by atoms with Crippen LogP contribution in [0.25, 0.3) is 0 Å². The summed E-state index contributed by atoms with van der Waals surface area (Å²) in [5.74, 6) is -0.103. The smallest absolute Gasteiger partial charge is 0.255 e. The van der Waals surface area contributed by atoms with Gasteiger partial charge in [0.25, 0.3) is 5.91 Å². The Labute approximate surface area is 154 Å². The monoisotopic (exact) mass is 347 g/mol. The second-order valence-corrected chi connectivity index (χ2v) is 6.94. The van der Waals surface area contributed by atoms with Gasteiger partial charge in [0.2, 0.25) is 0 Å². The van der Waals surface area contributed by atoms with Gasteiger partial charge in [0.15, 0.2) is 0 Å². The van der Waals surface area contributed by atoms with Crippen LogP contribution in [0.2, 0.25) is 0 Å². The van der Waals surface area contributed by atoms with Gasteiger partial charge in [-0.2, -0.15) is 5.10 Å². The van der Waals surface area contributed by atoms with E-state index in [9.17, 15) is 4.79 Å². The number of carbonyl (C=O) groups excluding carboxylic acids is 1. The van der Waals surface area contributed by atoms with Crippen molar-refractivity contribution in [1.82, 2.24) is 9.78 Å². The molecule has 0 atom stereocenters. The number of amides is 1. The van der Waals surface area contributed by atoms with Crippen LogP contribution in [0, 0.1) is 34.6 Å². The van der Waals surface area contributed by atoms with Gasteiger partial charge in [0.1, 0.15) is 0 Å². The lowest BCUT2D eigenvalue weighted by atomic mass is 10.1. The first-order valence-corrected chi connectivity index (χ1v) is 8.83. The number of benzene rings is 2. The Bertz CT molecular complexity index is 952. The van der Waals surface area contributed by atoms with Gasteiger partial charge in [-0.15, -0.1) is 0 Å². The molecule has 0 saturated carbocycles. The quantitative estimate of drug-likeness (QED) is 0.742. The number of hydrogen-bond acceptors (Lipinski definition) is 2. The number of rotatable bonds is 4. The summed E-state index contributed by atoms with van der Waals surface area (Å²) in [5.41, 5.74) is 7.96. The van der Waals surface area contributed by atoms with Crippen molar-refractivity contribution in [2.45, 2.75) is 41.2 Å². The molecule has 3 aromatic rings. The van der Waals surface area contributed by atoms with Crippen molar-refractivity contribution in [3.8, 4) is 0 Å². The van der Waals surface area contributed by atoms with Crippen LogP contribution in [0.1, 0.15) is 44.0 Å². The molecule has 0 aliphatic heterocycles. The lowest BCUT2D eigenvalue weighted by Crippen LogP contribution is -2.13. The second kappa shape index (κ2) is 7.16. The minimum absolute atomic E-state index is 0.103. The van der Waals surface area contributed by atoms with E-state index in [0.717, 1.165) is 22.6 Å². The van der Waals surface area contributed by atoms with Gasteiger partial charge < -0.3 is 5.32 Å². The molecule has 0 spiro atoms. The normalized spacial score (nSPS) is 10.8. The maximum atomic E-state index is 12.6. The van der Waals surface area contributed by atoms with E-state index < -0.39 is 0 Å². The summed E-state index contributed by atoms with van der Waals surface area (Å²) >= 11 is 0. The molecule has 0 bridgehead atoms. The van der Waals surface area contributed by atoms with Crippen LogP contribution >= 0.6 is 0 Å². The SMILES string of the molecule is Cc1ccc(Cn2nc(C)c(NC(=O)c3ccc(C)c(C)c3)c2C)cc1. The minimum atomic E-state index is -0.103. The molecule has 0 aliphatic rings. The summed E-state index contributed by atoms with van der Waals surface area (Å²) in [6, 6.07) is 14.2. The van der Waals surface area contributed by atoms with Gasteiger partial charge in [-0.3, -0.25) is 9.48 Å². The number of nitrogens with one attached hydrogen (secondary N) is 1. The molecule has 134 valence electrons. The van der Waals surface area contributed by atoms with Crippen LogP contribution < -0.4 is 5.32 Å². The Morgan fingerprint density at radius 2 is 1.65 bits per heavy atom. The van der Waals surface area contributed by atoms with Crippen LogP contribution in [-0.4, -0.2) is 15.7 Å². The van der Waals surface area contributed by atoms with Gasteiger partial charge in [0.05, 0.1) is 23.6 Å². The average molecular weight is 347 g/mol. The zero-order valence-electron chi connectivity index (χ0n) is 16.1. The number of aromatic nitrogens is 2. The first-order chi connectivity index (χ1) is 12.3. The van der Waals surface area contributed by atoms with E-state index in [2.05, 4.69) is 41.6 Å². The molecular weight excluding hydrogens is 322 g/mol. The zero-order valence-corrected chi connectivity index (χ0v) is 16.1. The van der Waals surface area contributed by atoms with E-state index in [4.69, 9.17) is 0 Å². The summed E-state index contributed by atoms with van der Waals surface area (Å²) in [5, 5.41) is 7.64. The molecule has 0 radical (unpaired) electrons. The fourth-order valence-electron chi connectivity index (χ4n) is 2.97. The molecule has 0 saturated heterocycles. The molecule has 0 aliphatic carbocycles. The highest BCUT2D eigenvalue weighted by Crippen LogP contribution is 2.22. The van der Waals surface area contributed by atoms with Crippen molar-refractivity contribution in [3.05, 3.63) is 81.7 Å². The van der Waals surface area contributed by atoms with Gasteiger partial charge in [-0.1, -0.05) is 35.9 Å². The second-order valence-electron chi connectivity index (χ2n) is 6.94. The van der Waals surface area contributed by atoms with Crippen LogP contribution in [0.3, 0.4) is 0 Å². The van der Waals surface area contributed by atoms with Gasteiger partial charge in [-0.25, -0.2) is 0 Å². The van der Waals surface area contributed by atoms with Crippen LogP contribution in [0.15, 0.2) is 42.5 Å². The van der Waals surface area contributed by atoms with Crippen molar-refractivity contribution >= 4 is 11.6 Å². The highest BCUT2D eigenvalue weighted by Gasteiger charge is 2.15. The highest BCUT2D eigenvalue weighted by atomic mass is 16.1. The number of anilines is 1. The molecule has 2 aromatic carbocycles. The first kappa shape index (κ1) is 17.9. The molecule has 4 heteroatoms. The third-order valence-electron chi connectivity index (χ3n) is 4.84. The van der Waals surface area contributed by atoms with E-state index in [1.807, 2.05) is 50.6 Å². The standard InChI is InChI=1S/C22H25N3O/c1-14-6-9-19(10-7-14)13-25-18(5)21(17(4)24-25)23-22(26)20-11-8-15(2)16(3)12-20/h6-12H,13H2,1-5H3,(H,23,26). The molecule has 26 heavy (non-hydrogen) atoms. The van der Waals surface area contributed by atoms with Crippen LogP contribution in [0.5, 0.6) is 0 Å². The Balaban J connectivity index is 1.82. The lowest BCUT2D eigenvalue weighted by Gasteiger charge is -2.09. The number of nitrogens with zero attached hydrogens (tertiary/aromatic N) is 2. The summed E-state index contributed by atoms with van der Waals surface area (Å²) in [7, 11) is 0. The van der Waals surface area contributed by atoms with E-state index in [-0.39, 0.29) is 5.91 Å². The fourth-order valence-corrected chi connectivity index (χ4v) is 2.97. The zero-order chi connectivity index (χ0) is 18.8. The Morgan fingerprint density at radius 3 is 2.31 bits per heavy atom. The third kappa shape index (κ3) is 3.69. The Hall–Kier alpha value is -2.88. The van der Waals surface area contributed by atoms with Crippen molar-refractivity contribution in [3.63, 3.8) is 0 Å². The summed E-state index contributed by atoms with van der Waals surface area (Å²) in [6.07, 6.45) is 0. The molecule has 1 aromatic heterocycles. The Morgan fingerprint density at radius 1 is 0.962 bits per heavy atom. The molecular formula is C22H25N3O. The van der Waals surface area contributed by atoms with Gasteiger partial charge >= 0.3 is 0 Å². The van der Waals surface area contributed by atoms with Crippen LogP contribution in [-0.2, 0) is 6.54 Å². The lowest BCUT2D eigenvalue weighted by molar-refractivity contribution is 0.102. The van der Waals surface area contributed by atoms with E-state index in [1.54, 1.807) is 0 Å².